The fraction of sp³-hybridized carbons (Fsp3) is 0.895. The van der Waals surface area contributed by atoms with E-state index in [2.05, 4.69) is 51.3 Å². The van der Waals surface area contributed by atoms with Crippen LogP contribution in [0.25, 0.3) is 0 Å². The number of ether oxygens (including phenoxy) is 5. The summed E-state index contributed by atoms with van der Waals surface area (Å²) in [7, 11) is 1.55. The fourth-order valence-corrected chi connectivity index (χ4v) is 9.99. The number of allylic oxidation sites excluding steroid dienone is 1. The van der Waals surface area contributed by atoms with Crippen LogP contribution in [0.5, 0.6) is 0 Å². The molecule has 0 spiro atoms. The molecule has 4 rings (SSSR count). The summed E-state index contributed by atoms with van der Waals surface area (Å²) in [5.74, 6) is 4.99. The van der Waals surface area contributed by atoms with Gasteiger partial charge in [-0.1, -0.05) is 65.5 Å². The average molecular weight is 663 g/mol. The zero-order chi connectivity index (χ0) is 33.9. The molecule has 0 aromatic rings. The Morgan fingerprint density at radius 1 is 0.851 bits per heavy atom. The van der Waals surface area contributed by atoms with E-state index in [0.29, 0.717) is 51.5 Å². The van der Waals surface area contributed by atoms with E-state index >= 15 is 0 Å². The molecular weight excluding hydrogens is 596 g/mol. The van der Waals surface area contributed by atoms with E-state index in [4.69, 9.17) is 23.7 Å². The maximum Gasteiger partial charge on any atom is 0.407 e. The molecule has 5 unspecified atom stereocenters. The van der Waals surface area contributed by atoms with Crippen molar-refractivity contribution in [2.75, 3.05) is 59.8 Å². The lowest BCUT2D eigenvalue weighted by Crippen LogP contribution is -2.51. The molecule has 0 bridgehead atoms. The zero-order valence-corrected chi connectivity index (χ0v) is 30.4. The Hall–Kier alpha value is -1.84. The number of hydrogen-bond acceptors (Lipinski definition) is 7. The number of nitrogens with one attached hydrogen (secondary N) is 2. The third-order valence-corrected chi connectivity index (χ3v) is 12.5. The van der Waals surface area contributed by atoms with Gasteiger partial charge in [0.15, 0.2) is 0 Å². The van der Waals surface area contributed by atoms with Crippen molar-refractivity contribution >= 4 is 12.2 Å². The van der Waals surface area contributed by atoms with E-state index in [9.17, 15) is 9.59 Å². The lowest BCUT2D eigenvalue weighted by molar-refractivity contribution is -0.0581. The van der Waals surface area contributed by atoms with Gasteiger partial charge in [-0.2, -0.15) is 0 Å². The minimum absolute atomic E-state index is 0.0533. The van der Waals surface area contributed by atoms with Crippen LogP contribution >= 0.6 is 0 Å². The topological polar surface area (TPSA) is 104 Å². The summed E-state index contributed by atoms with van der Waals surface area (Å²) in [6, 6.07) is 0. The fourth-order valence-electron chi connectivity index (χ4n) is 9.99. The van der Waals surface area contributed by atoms with Gasteiger partial charge in [-0.05, 0) is 91.3 Å². The second-order valence-corrected chi connectivity index (χ2v) is 15.8. The van der Waals surface area contributed by atoms with Gasteiger partial charge in [0.05, 0.1) is 33.0 Å². The lowest BCUT2D eigenvalue weighted by Gasteiger charge is -2.58. The highest BCUT2D eigenvalue weighted by Gasteiger charge is 2.59. The Morgan fingerprint density at radius 2 is 1.57 bits per heavy atom. The summed E-state index contributed by atoms with van der Waals surface area (Å²) < 4.78 is 26.6. The molecule has 47 heavy (non-hydrogen) atoms. The van der Waals surface area contributed by atoms with Gasteiger partial charge < -0.3 is 34.3 Å². The van der Waals surface area contributed by atoms with Crippen molar-refractivity contribution in [3.05, 3.63) is 11.6 Å². The van der Waals surface area contributed by atoms with E-state index in [1.807, 2.05) is 0 Å². The number of fused-ring (bicyclic) bond motifs is 5. The summed E-state index contributed by atoms with van der Waals surface area (Å²) in [5.41, 5.74) is 2.30. The van der Waals surface area contributed by atoms with Gasteiger partial charge in [0.25, 0.3) is 0 Å². The molecule has 0 aliphatic heterocycles. The first kappa shape index (κ1) is 38.0. The van der Waals surface area contributed by atoms with Crippen molar-refractivity contribution in [2.24, 2.45) is 46.3 Å². The molecule has 0 radical (unpaired) electrons. The van der Waals surface area contributed by atoms with Crippen molar-refractivity contribution in [1.29, 1.82) is 0 Å². The van der Waals surface area contributed by atoms with E-state index in [-0.39, 0.29) is 24.2 Å². The number of rotatable bonds is 18. The molecule has 9 nitrogen and oxygen atoms in total. The van der Waals surface area contributed by atoms with Gasteiger partial charge in [0.2, 0.25) is 0 Å². The molecule has 3 saturated carbocycles. The first-order valence-corrected chi connectivity index (χ1v) is 18.8. The van der Waals surface area contributed by atoms with Crippen LogP contribution in [0.4, 0.5) is 9.59 Å². The summed E-state index contributed by atoms with van der Waals surface area (Å²) in [6.07, 6.45) is 15.6. The predicted molar refractivity (Wildman–Crippen MR) is 184 cm³/mol. The second kappa shape index (κ2) is 18.2. The molecule has 3 fully saturated rings. The molecule has 0 heterocycles. The van der Waals surface area contributed by atoms with Crippen molar-refractivity contribution in [3.63, 3.8) is 0 Å². The maximum atomic E-state index is 12.6. The number of methoxy groups -OCH3 is 1. The smallest absolute Gasteiger partial charge is 0.407 e. The number of hydrogen-bond donors (Lipinski definition) is 2. The largest absolute Gasteiger partial charge is 0.447 e. The van der Waals surface area contributed by atoms with Gasteiger partial charge >= 0.3 is 12.2 Å². The van der Waals surface area contributed by atoms with Gasteiger partial charge in [-0.3, -0.25) is 0 Å². The third-order valence-electron chi connectivity index (χ3n) is 12.5. The molecule has 4 aliphatic carbocycles. The van der Waals surface area contributed by atoms with Crippen LogP contribution in [0.15, 0.2) is 11.6 Å². The van der Waals surface area contributed by atoms with Crippen molar-refractivity contribution in [2.45, 2.75) is 111 Å². The standard InChI is InChI=1S/C38H66N2O7/c1-27(2)8-7-9-28(3)32-12-13-33-31-11-10-29-26-30(14-16-37(29,4)34(31)15-17-38(32,33)5)47-36(42)40-19-21-45-24-23-44-20-18-39-35(41)46-25-22-43-6/h10,27-28,30-34H,7-9,11-26H2,1-6H3,(H,39,41)(H,40,42)/t28?,30-,31?,32?,33?,34?,37-,38+/m0/s1. The Balaban J connectivity index is 1.12. The molecule has 0 aromatic carbocycles. The van der Waals surface area contributed by atoms with Crippen molar-refractivity contribution in [1.82, 2.24) is 10.6 Å². The Bertz CT molecular complexity index is 1020. The Morgan fingerprint density at radius 3 is 2.28 bits per heavy atom. The molecule has 2 N–H and O–H groups in total. The molecular formula is C38H66N2O7. The molecule has 0 saturated heterocycles. The Kier molecular flexibility index (Phi) is 14.7. The van der Waals surface area contributed by atoms with Crippen LogP contribution in [0.1, 0.15) is 105 Å². The van der Waals surface area contributed by atoms with Gasteiger partial charge in [0.1, 0.15) is 12.7 Å². The van der Waals surface area contributed by atoms with Gasteiger partial charge in [-0.25, -0.2) is 9.59 Å². The summed E-state index contributed by atoms with van der Waals surface area (Å²) in [6.45, 7) is 15.4. The summed E-state index contributed by atoms with van der Waals surface area (Å²) in [4.78, 5) is 24.0. The Labute approximate surface area is 285 Å². The lowest BCUT2D eigenvalue weighted by atomic mass is 9.47. The highest BCUT2D eigenvalue weighted by Crippen LogP contribution is 2.67. The third kappa shape index (κ3) is 10.1. The molecule has 8 atom stereocenters. The average Bonchev–Trinajstić information content (AvgIpc) is 3.39. The number of amides is 2. The summed E-state index contributed by atoms with van der Waals surface area (Å²) >= 11 is 0. The zero-order valence-electron chi connectivity index (χ0n) is 30.4. The van der Waals surface area contributed by atoms with Crippen LogP contribution < -0.4 is 10.6 Å². The van der Waals surface area contributed by atoms with E-state index in [1.54, 1.807) is 12.7 Å². The molecule has 4 aliphatic rings. The van der Waals surface area contributed by atoms with Crippen LogP contribution in [0, 0.1) is 46.3 Å². The molecule has 0 aromatic heterocycles. The van der Waals surface area contributed by atoms with Crippen molar-refractivity contribution in [3.8, 4) is 0 Å². The first-order valence-electron chi connectivity index (χ1n) is 18.8. The quantitative estimate of drug-likeness (QED) is 0.116. The van der Waals surface area contributed by atoms with E-state index < -0.39 is 6.09 Å². The number of alkyl carbamates (subject to hydrolysis) is 2. The van der Waals surface area contributed by atoms with Gasteiger partial charge in [-0.15, -0.1) is 0 Å². The highest BCUT2D eigenvalue weighted by atomic mass is 16.6. The SMILES string of the molecule is COCCOC(=O)NCCOCCOCCNC(=O)O[C@H]1CC[C@@]2(C)C(=CCC3C4CCC(C(C)CCCC(C)C)[C@@]4(C)CCC32)C1. The molecule has 2 amide bonds. The van der Waals surface area contributed by atoms with Crippen LogP contribution in [-0.4, -0.2) is 78.1 Å². The minimum atomic E-state index is -0.488. The molecule has 9 heteroatoms. The first-order chi connectivity index (χ1) is 22.6. The monoisotopic (exact) mass is 662 g/mol. The number of carbonyl (C=O) groups is 2. The highest BCUT2D eigenvalue weighted by molar-refractivity contribution is 5.67. The van der Waals surface area contributed by atoms with Crippen LogP contribution in [0.2, 0.25) is 0 Å². The second-order valence-electron chi connectivity index (χ2n) is 15.8. The van der Waals surface area contributed by atoms with Crippen LogP contribution in [0.3, 0.4) is 0 Å². The van der Waals surface area contributed by atoms with E-state index in [0.717, 1.165) is 54.8 Å². The molecule has 270 valence electrons. The van der Waals surface area contributed by atoms with Crippen molar-refractivity contribution < 1.29 is 33.3 Å². The minimum Gasteiger partial charge on any atom is -0.447 e. The normalized spacial score (nSPS) is 32.1. The maximum absolute atomic E-state index is 12.6. The predicted octanol–water partition coefficient (Wildman–Crippen LogP) is 7.53. The summed E-state index contributed by atoms with van der Waals surface area (Å²) in [5, 5.41) is 5.45. The van der Waals surface area contributed by atoms with E-state index in [1.165, 1.54) is 51.4 Å². The number of carbonyl (C=O) groups excluding carboxylic acids is 2. The van der Waals surface area contributed by atoms with Crippen LogP contribution in [-0.2, 0) is 23.7 Å². The van der Waals surface area contributed by atoms with Gasteiger partial charge in [0, 0.05) is 26.6 Å².